The summed E-state index contributed by atoms with van der Waals surface area (Å²) in [6.07, 6.45) is 2.36. The second kappa shape index (κ2) is 8.92. The Balaban J connectivity index is 1.52. The first-order valence-corrected chi connectivity index (χ1v) is 10.5. The smallest absolute Gasteiger partial charge is 0.262 e. The Labute approximate surface area is 173 Å². The van der Waals surface area contributed by atoms with Gasteiger partial charge in [-0.25, -0.2) is 4.98 Å². The number of aryl methyl sites for hydroxylation is 1. The van der Waals surface area contributed by atoms with Crippen LogP contribution in [-0.4, -0.2) is 22.8 Å². The summed E-state index contributed by atoms with van der Waals surface area (Å²) in [5, 5.41) is 2.67. The fourth-order valence-electron chi connectivity index (χ4n) is 3.18. The summed E-state index contributed by atoms with van der Waals surface area (Å²) in [4.78, 5) is 18.3. The number of ether oxygens (including phenoxy) is 2. The average molecular weight is 407 g/mol. The van der Waals surface area contributed by atoms with Crippen molar-refractivity contribution in [3.8, 4) is 22.6 Å². The third kappa shape index (κ3) is 4.32. The molecule has 0 bridgehead atoms. The average Bonchev–Trinajstić information content (AvgIpc) is 3.19. The van der Waals surface area contributed by atoms with Crippen LogP contribution < -0.4 is 15.0 Å². The number of rotatable bonds is 8. The Morgan fingerprint density at radius 2 is 1.76 bits per heavy atom. The number of hydrogen-bond donors (Lipinski definition) is 0. The topological polar surface area (TPSA) is 53.4 Å². The van der Waals surface area contributed by atoms with Gasteiger partial charge in [-0.1, -0.05) is 30.3 Å². The van der Waals surface area contributed by atoms with Crippen LogP contribution in [0.3, 0.4) is 0 Å². The summed E-state index contributed by atoms with van der Waals surface area (Å²) in [6.45, 7) is 3.69. The van der Waals surface area contributed by atoms with Crippen LogP contribution in [0, 0.1) is 0 Å². The van der Waals surface area contributed by atoms with Crippen LogP contribution in [0.5, 0.6) is 11.5 Å². The van der Waals surface area contributed by atoms with Gasteiger partial charge in [-0.2, -0.15) is 0 Å². The van der Waals surface area contributed by atoms with Gasteiger partial charge in [0.05, 0.1) is 24.9 Å². The molecule has 5 nitrogen and oxygen atoms in total. The monoisotopic (exact) mass is 406 g/mol. The van der Waals surface area contributed by atoms with Crippen molar-refractivity contribution < 1.29 is 9.47 Å². The number of nitrogens with zero attached hydrogens (tertiary/aromatic N) is 2. The second-order valence-electron chi connectivity index (χ2n) is 6.55. The van der Waals surface area contributed by atoms with Gasteiger partial charge in [0.2, 0.25) is 0 Å². The van der Waals surface area contributed by atoms with E-state index in [0.717, 1.165) is 33.9 Å². The van der Waals surface area contributed by atoms with Crippen molar-refractivity contribution in [1.29, 1.82) is 0 Å². The molecule has 2 aromatic heterocycles. The van der Waals surface area contributed by atoms with Crippen LogP contribution in [-0.2, 0) is 6.54 Å². The maximum atomic E-state index is 13.1. The molecular formula is C23H22N2O3S. The van der Waals surface area contributed by atoms with Gasteiger partial charge in [0, 0.05) is 17.5 Å². The molecular weight excluding hydrogens is 384 g/mol. The molecule has 0 saturated carbocycles. The predicted octanol–water partition coefficient (Wildman–Crippen LogP) is 4.99. The van der Waals surface area contributed by atoms with Crippen LogP contribution in [0.4, 0.5) is 0 Å². The number of fused-ring (bicyclic) bond motifs is 1. The minimum Gasteiger partial charge on any atom is -0.494 e. The van der Waals surface area contributed by atoms with E-state index in [2.05, 4.69) is 4.98 Å². The lowest BCUT2D eigenvalue weighted by molar-refractivity contribution is 0.301. The molecule has 4 rings (SSSR count). The van der Waals surface area contributed by atoms with Gasteiger partial charge < -0.3 is 9.47 Å². The molecule has 0 radical (unpaired) electrons. The molecule has 0 amide bonds. The van der Waals surface area contributed by atoms with Crippen molar-refractivity contribution in [3.63, 3.8) is 0 Å². The molecule has 0 saturated heterocycles. The zero-order valence-electron chi connectivity index (χ0n) is 16.2. The van der Waals surface area contributed by atoms with E-state index in [4.69, 9.17) is 9.47 Å². The lowest BCUT2D eigenvalue weighted by Crippen LogP contribution is -2.21. The minimum absolute atomic E-state index is 0.0140. The molecule has 2 aromatic carbocycles. The number of benzene rings is 2. The molecule has 2 heterocycles. The first-order valence-electron chi connectivity index (χ1n) is 9.64. The number of para-hydroxylation sites is 1. The highest BCUT2D eigenvalue weighted by molar-refractivity contribution is 7.17. The third-order valence-electron chi connectivity index (χ3n) is 4.59. The Morgan fingerprint density at radius 3 is 2.52 bits per heavy atom. The Hall–Kier alpha value is -3.12. The highest BCUT2D eigenvalue weighted by atomic mass is 32.1. The SMILES string of the molecule is CCOc1ccc(-c2csc3ncn(CCCOc4ccccc4)c(=O)c23)cc1. The number of aromatic nitrogens is 2. The Kier molecular flexibility index (Phi) is 5.91. The molecule has 0 N–H and O–H groups in total. The van der Waals surface area contributed by atoms with E-state index in [1.54, 1.807) is 10.9 Å². The number of hydrogen-bond acceptors (Lipinski definition) is 5. The molecule has 4 aromatic rings. The van der Waals surface area contributed by atoms with Gasteiger partial charge in [0.1, 0.15) is 16.3 Å². The third-order valence-corrected chi connectivity index (χ3v) is 5.48. The van der Waals surface area contributed by atoms with E-state index in [9.17, 15) is 4.79 Å². The summed E-state index contributed by atoms with van der Waals surface area (Å²) in [6, 6.07) is 17.5. The first kappa shape index (κ1) is 19.2. The zero-order valence-corrected chi connectivity index (χ0v) is 17.0. The second-order valence-corrected chi connectivity index (χ2v) is 7.40. The van der Waals surface area contributed by atoms with Crippen LogP contribution in [0.15, 0.2) is 71.1 Å². The predicted molar refractivity (Wildman–Crippen MR) is 117 cm³/mol. The molecule has 0 fully saturated rings. The molecule has 148 valence electrons. The Morgan fingerprint density at radius 1 is 1.00 bits per heavy atom. The molecule has 0 aliphatic carbocycles. The quantitative estimate of drug-likeness (QED) is 0.387. The van der Waals surface area contributed by atoms with Gasteiger partial charge >= 0.3 is 0 Å². The van der Waals surface area contributed by atoms with Gasteiger partial charge in [0.25, 0.3) is 5.56 Å². The summed E-state index contributed by atoms with van der Waals surface area (Å²) in [5.41, 5.74) is 1.89. The standard InChI is InChI=1S/C23H22N2O3S/c1-2-27-19-11-9-17(10-12-19)20-15-29-22-21(20)23(26)25(16-24-22)13-6-14-28-18-7-4-3-5-8-18/h3-5,7-12,15-16H,2,6,13-14H2,1H3. The fraction of sp³-hybridized carbons (Fsp3) is 0.217. The largest absolute Gasteiger partial charge is 0.494 e. The van der Waals surface area contributed by atoms with Crippen LogP contribution in [0.25, 0.3) is 21.3 Å². The molecule has 0 aliphatic heterocycles. The van der Waals surface area contributed by atoms with Crippen molar-refractivity contribution in [3.05, 3.63) is 76.7 Å². The summed E-state index contributed by atoms with van der Waals surface area (Å²) in [5.74, 6) is 1.66. The van der Waals surface area contributed by atoms with E-state index in [1.807, 2.05) is 66.9 Å². The first-order chi connectivity index (χ1) is 14.3. The van der Waals surface area contributed by atoms with Crippen molar-refractivity contribution in [2.75, 3.05) is 13.2 Å². The molecule has 0 aliphatic rings. The van der Waals surface area contributed by atoms with Gasteiger partial charge in [0.15, 0.2) is 0 Å². The van der Waals surface area contributed by atoms with Crippen molar-refractivity contribution in [1.82, 2.24) is 9.55 Å². The van der Waals surface area contributed by atoms with Crippen molar-refractivity contribution in [2.45, 2.75) is 19.9 Å². The van der Waals surface area contributed by atoms with E-state index in [0.29, 0.717) is 25.1 Å². The number of thiophene rings is 1. The van der Waals surface area contributed by atoms with E-state index in [1.165, 1.54) is 11.3 Å². The van der Waals surface area contributed by atoms with E-state index in [-0.39, 0.29) is 5.56 Å². The van der Waals surface area contributed by atoms with Crippen LogP contribution in [0.2, 0.25) is 0 Å². The zero-order chi connectivity index (χ0) is 20.1. The molecule has 0 spiro atoms. The maximum absolute atomic E-state index is 13.1. The highest BCUT2D eigenvalue weighted by Crippen LogP contribution is 2.31. The van der Waals surface area contributed by atoms with Gasteiger partial charge in [-0.05, 0) is 43.2 Å². The molecule has 6 heteroatoms. The van der Waals surface area contributed by atoms with Crippen molar-refractivity contribution >= 4 is 21.6 Å². The maximum Gasteiger partial charge on any atom is 0.262 e. The van der Waals surface area contributed by atoms with Gasteiger partial charge in [-0.3, -0.25) is 9.36 Å². The van der Waals surface area contributed by atoms with Crippen molar-refractivity contribution in [2.24, 2.45) is 0 Å². The molecule has 0 unspecified atom stereocenters. The van der Waals surface area contributed by atoms with Crippen LogP contribution in [0.1, 0.15) is 13.3 Å². The fourth-order valence-corrected chi connectivity index (χ4v) is 4.08. The molecule has 29 heavy (non-hydrogen) atoms. The molecule has 0 atom stereocenters. The minimum atomic E-state index is -0.0140. The van der Waals surface area contributed by atoms with E-state index < -0.39 is 0 Å². The lowest BCUT2D eigenvalue weighted by Gasteiger charge is -2.08. The lowest BCUT2D eigenvalue weighted by atomic mass is 10.1. The summed E-state index contributed by atoms with van der Waals surface area (Å²) >= 11 is 1.49. The van der Waals surface area contributed by atoms with Gasteiger partial charge in [-0.15, -0.1) is 11.3 Å². The summed E-state index contributed by atoms with van der Waals surface area (Å²) in [7, 11) is 0. The normalized spacial score (nSPS) is 10.9. The van der Waals surface area contributed by atoms with Crippen LogP contribution >= 0.6 is 11.3 Å². The highest BCUT2D eigenvalue weighted by Gasteiger charge is 2.13. The van der Waals surface area contributed by atoms with E-state index >= 15 is 0 Å². The Bertz CT molecular complexity index is 1130. The summed E-state index contributed by atoms with van der Waals surface area (Å²) < 4.78 is 12.9.